The first-order valence-electron chi connectivity index (χ1n) is 7.56. The molecule has 0 saturated heterocycles. The number of benzene rings is 1. The Bertz CT molecular complexity index is 528. The van der Waals surface area contributed by atoms with Gasteiger partial charge in [-0.25, -0.2) is 0 Å². The Morgan fingerprint density at radius 3 is 2.90 bits per heavy atom. The van der Waals surface area contributed by atoms with Crippen molar-refractivity contribution in [2.75, 3.05) is 25.0 Å². The molecule has 5 heteroatoms. The van der Waals surface area contributed by atoms with E-state index in [-0.39, 0.29) is 12.5 Å². The molecule has 0 aromatic heterocycles. The van der Waals surface area contributed by atoms with Crippen LogP contribution in [0.15, 0.2) is 18.2 Å². The number of nitrogens with zero attached hydrogens (tertiary/aromatic N) is 1. The summed E-state index contributed by atoms with van der Waals surface area (Å²) in [5, 5.41) is 3.31. The van der Waals surface area contributed by atoms with Gasteiger partial charge in [0.05, 0.1) is 17.8 Å². The van der Waals surface area contributed by atoms with Gasteiger partial charge in [-0.05, 0) is 30.9 Å². The third-order valence-electron chi connectivity index (χ3n) is 3.72. The maximum Gasteiger partial charge on any atom is 0.256 e. The highest BCUT2D eigenvalue weighted by atomic mass is 16.2. The lowest BCUT2D eigenvalue weighted by atomic mass is 9.98. The minimum atomic E-state index is -0.475. The van der Waals surface area contributed by atoms with E-state index in [1.807, 2.05) is 18.2 Å². The number of nitrogens with one attached hydrogen (secondary N) is 1. The van der Waals surface area contributed by atoms with Gasteiger partial charge in [0.1, 0.15) is 0 Å². The number of nitrogens with two attached hydrogens (primary N) is 1. The number of para-hydroxylation sites is 1. The van der Waals surface area contributed by atoms with Crippen LogP contribution < -0.4 is 11.1 Å². The van der Waals surface area contributed by atoms with Crippen molar-refractivity contribution in [2.24, 2.45) is 5.73 Å². The van der Waals surface area contributed by atoms with Crippen molar-refractivity contribution in [1.82, 2.24) is 4.90 Å². The summed E-state index contributed by atoms with van der Waals surface area (Å²) < 4.78 is 0. The lowest BCUT2D eigenvalue weighted by molar-refractivity contribution is -0.118. The highest BCUT2D eigenvalue weighted by molar-refractivity contribution is 6.01. The van der Waals surface area contributed by atoms with Crippen molar-refractivity contribution in [3.63, 3.8) is 0 Å². The van der Waals surface area contributed by atoms with E-state index in [1.165, 1.54) is 5.56 Å². The quantitative estimate of drug-likeness (QED) is 0.838. The largest absolute Gasteiger partial charge is 0.384 e. The summed E-state index contributed by atoms with van der Waals surface area (Å²) in [6.45, 7) is 3.46. The van der Waals surface area contributed by atoms with Crippen LogP contribution in [-0.2, 0) is 11.2 Å². The molecule has 1 heterocycles. The molecule has 5 nitrogen and oxygen atoms in total. The SMILES string of the molecule is CCCCN(CC(N)=O)C(=O)c1cccc2c1NCCC2. The number of unbranched alkanes of at least 4 members (excludes halogenated alkanes) is 1. The standard InChI is InChI=1S/C16H23N3O2/c1-2-3-10-19(11-14(17)20)16(21)13-8-4-6-12-7-5-9-18-15(12)13/h4,6,8,18H,2-3,5,7,9-11H2,1H3,(H2,17,20). The predicted octanol–water partition coefficient (Wildman–Crippen LogP) is 1.77. The minimum Gasteiger partial charge on any atom is -0.384 e. The molecule has 3 N–H and O–H groups in total. The van der Waals surface area contributed by atoms with Gasteiger partial charge in [0.15, 0.2) is 0 Å². The maximum absolute atomic E-state index is 12.7. The molecule has 0 aliphatic carbocycles. The summed E-state index contributed by atoms with van der Waals surface area (Å²) in [5.41, 5.74) is 8.00. The zero-order valence-electron chi connectivity index (χ0n) is 12.5. The van der Waals surface area contributed by atoms with Crippen molar-refractivity contribution in [3.8, 4) is 0 Å². The van der Waals surface area contributed by atoms with E-state index in [0.717, 1.165) is 37.9 Å². The molecule has 0 fully saturated rings. The zero-order valence-corrected chi connectivity index (χ0v) is 12.5. The lowest BCUT2D eigenvalue weighted by Crippen LogP contribution is -2.39. The van der Waals surface area contributed by atoms with Gasteiger partial charge < -0.3 is 16.0 Å². The van der Waals surface area contributed by atoms with Crippen molar-refractivity contribution < 1.29 is 9.59 Å². The van der Waals surface area contributed by atoms with Gasteiger partial charge in [-0.3, -0.25) is 9.59 Å². The molecular formula is C16H23N3O2. The van der Waals surface area contributed by atoms with Crippen LogP contribution >= 0.6 is 0 Å². The van der Waals surface area contributed by atoms with Crippen LogP contribution in [0.4, 0.5) is 5.69 Å². The van der Waals surface area contributed by atoms with E-state index in [9.17, 15) is 9.59 Å². The molecule has 2 rings (SSSR count). The number of fused-ring (bicyclic) bond motifs is 1. The van der Waals surface area contributed by atoms with Crippen molar-refractivity contribution in [1.29, 1.82) is 0 Å². The first-order chi connectivity index (χ1) is 10.1. The van der Waals surface area contributed by atoms with E-state index in [4.69, 9.17) is 5.73 Å². The van der Waals surface area contributed by atoms with Crippen LogP contribution in [0.3, 0.4) is 0 Å². The van der Waals surface area contributed by atoms with E-state index in [1.54, 1.807) is 4.90 Å². The Labute approximate surface area is 125 Å². The Balaban J connectivity index is 2.25. The number of anilines is 1. The van der Waals surface area contributed by atoms with Crippen LogP contribution in [0, 0.1) is 0 Å². The molecule has 0 radical (unpaired) electrons. The first kappa shape index (κ1) is 15.4. The fraction of sp³-hybridized carbons (Fsp3) is 0.500. The molecule has 0 saturated carbocycles. The monoisotopic (exact) mass is 289 g/mol. The first-order valence-corrected chi connectivity index (χ1v) is 7.56. The average molecular weight is 289 g/mol. The zero-order chi connectivity index (χ0) is 15.2. The number of hydrogen-bond donors (Lipinski definition) is 2. The Morgan fingerprint density at radius 2 is 2.19 bits per heavy atom. The number of rotatable bonds is 6. The second-order valence-electron chi connectivity index (χ2n) is 5.42. The number of aryl methyl sites for hydroxylation is 1. The molecule has 0 bridgehead atoms. The number of primary amides is 1. The summed E-state index contributed by atoms with van der Waals surface area (Å²) >= 11 is 0. The Morgan fingerprint density at radius 1 is 1.38 bits per heavy atom. The van der Waals surface area contributed by atoms with Gasteiger partial charge in [-0.1, -0.05) is 25.5 Å². The van der Waals surface area contributed by atoms with Crippen molar-refractivity contribution in [2.45, 2.75) is 32.6 Å². The second kappa shape index (κ2) is 7.11. The van der Waals surface area contributed by atoms with Crippen LogP contribution in [0.25, 0.3) is 0 Å². The Hall–Kier alpha value is -2.04. The summed E-state index contributed by atoms with van der Waals surface area (Å²) in [6, 6.07) is 5.77. The Kier molecular flexibility index (Phi) is 5.20. The molecule has 2 amide bonds. The van der Waals surface area contributed by atoms with E-state index >= 15 is 0 Å². The van der Waals surface area contributed by atoms with Crippen LogP contribution in [0.2, 0.25) is 0 Å². The number of carbonyl (C=O) groups is 2. The third kappa shape index (κ3) is 3.74. The van der Waals surface area contributed by atoms with Crippen LogP contribution in [-0.4, -0.2) is 36.3 Å². The number of carbonyl (C=O) groups excluding carboxylic acids is 2. The predicted molar refractivity (Wildman–Crippen MR) is 83.3 cm³/mol. The second-order valence-corrected chi connectivity index (χ2v) is 5.42. The van der Waals surface area contributed by atoms with Crippen molar-refractivity contribution in [3.05, 3.63) is 29.3 Å². The van der Waals surface area contributed by atoms with E-state index < -0.39 is 5.91 Å². The lowest BCUT2D eigenvalue weighted by Gasteiger charge is -2.25. The van der Waals surface area contributed by atoms with Gasteiger partial charge in [0.2, 0.25) is 5.91 Å². The van der Waals surface area contributed by atoms with Gasteiger partial charge in [0, 0.05) is 13.1 Å². The fourth-order valence-corrected chi connectivity index (χ4v) is 2.65. The van der Waals surface area contributed by atoms with Gasteiger partial charge in [-0.2, -0.15) is 0 Å². The summed E-state index contributed by atoms with van der Waals surface area (Å²) in [7, 11) is 0. The van der Waals surface area contributed by atoms with Gasteiger partial charge in [0.25, 0.3) is 5.91 Å². The van der Waals surface area contributed by atoms with Gasteiger partial charge >= 0.3 is 0 Å². The smallest absolute Gasteiger partial charge is 0.256 e. The molecule has 1 aliphatic rings. The maximum atomic E-state index is 12.7. The summed E-state index contributed by atoms with van der Waals surface area (Å²) in [5.74, 6) is -0.592. The highest BCUT2D eigenvalue weighted by Crippen LogP contribution is 2.27. The summed E-state index contributed by atoms with van der Waals surface area (Å²) in [6.07, 6.45) is 3.88. The molecule has 1 aromatic carbocycles. The van der Waals surface area contributed by atoms with E-state index in [0.29, 0.717) is 12.1 Å². The number of hydrogen-bond acceptors (Lipinski definition) is 3. The summed E-state index contributed by atoms with van der Waals surface area (Å²) in [4.78, 5) is 25.5. The fourth-order valence-electron chi connectivity index (χ4n) is 2.65. The highest BCUT2D eigenvalue weighted by Gasteiger charge is 2.22. The molecule has 0 spiro atoms. The third-order valence-corrected chi connectivity index (χ3v) is 3.72. The molecular weight excluding hydrogens is 266 g/mol. The molecule has 114 valence electrons. The normalized spacial score (nSPS) is 13.2. The minimum absolute atomic E-state index is 0.0253. The van der Waals surface area contributed by atoms with Gasteiger partial charge in [-0.15, -0.1) is 0 Å². The molecule has 21 heavy (non-hydrogen) atoms. The van der Waals surface area contributed by atoms with Crippen LogP contribution in [0.1, 0.15) is 42.1 Å². The molecule has 0 atom stereocenters. The average Bonchev–Trinajstić information content (AvgIpc) is 2.50. The molecule has 0 unspecified atom stereocenters. The van der Waals surface area contributed by atoms with Crippen molar-refractivity contribution >= 4 is 17.5 Å². The number of amides is 2. The topological polar surface area (TPSA) is 75.4 Å². The van der Waals surface area contributed by atoms with Crippen LogP contribution in [0.5, 0.6) is 0 Å². The molecule has 1 aliphatic heterocycles. The molecule has 1 aromatic rings. The van der Waals surface area contributed by atoms with E-state index in [2.05, 4.69) is 12.2 Å².